The fourth-order valence-electron chi connectivity index (χ4n) is 3.63. The van der Waals surface area contributed by atoms with Crippen LogP contribution in [-0.2, 0) is 21.2 Å². The average molecular weight is 437 g/mol. The highest BCUT2D eigenvalue weighted by Gasteiger charge is 2.25. The predicted molar refractivity (Wildman–Crippen MR) is 126 cm³/mol. The number of hydrogen-bond acceptors (Lipinski definition) is 3. The zero-order chi connectivity index (χ0) is 22.4. The van der Waals surface area contributed by atoms with Crippen molar-refractivity contribution >= 4 is 21.6 Å². The van der Waals surface area contributed by atoms with E-state index >= 15 is 0 Å². The molecule has 1 unspecified atom stereocenters. The molecule has 3 rings (SSSR count). The first kappa shape index (κ1) is 22.6. The van der Waals surface area contributed by atoms with E-state index in [1.165, 1.54) is 4.31 Å². The Hall–Kier alpha value is -3.12. The van der Waals surface area contributed by atoms with Crippen LogP contribution >= 0.6 is 0 Å². The number of rotatable bonds is 8. The lowest BCUT2D eigenvalue weighted by molar-refractivity contribution is -0.120. The van der Waals surface area contributed by atoms with E-state index in [0.29, 0.717) is 12.1 Å². The first-order valence-corrected chi connectivity index (χ1v) is 12.1. The minimum atomic E-state index is -3.64. The van der Waals surface area contributed by atoms with E-state index in [2.05, 4.69) is 5.32 Å². The molecule has 0 bridgehead atoms. The molecule has 0 fully saturated rings. The Morgan fingerprint density at radius 2 is 1.58 bits per heavy atom. The molecule has 0 aliphatic carbocycles. The van der Waals surface area contributed by atoms with Gasteiger partial charge in [-0.15, -0.1) is 0 Å². The molecule has 31 heavy (non-hydrogen) atoms. The molecule has 0 aromatic heterocycles. The van der Waals surface area contributed by atoms with Crippen molar-refractivity contribution in [2.75, 3.05) is 17.1 Å². The number of carbonyl (C=O) groups is 1. The number of benzene rings is 3. The highest BCUT2D eigenvalue weighted by atomic mass is 32.2. The van der Waals surface area contributed by atoms with Crippen molar-refractivity contribution in [2.45, 2.75) is 26.3 Å². The van der Waals surface area contributed by atoms with Gasteiger partial charge in [-0.2, -0.15) is 0 Å². The first-order chi connectivity index (χ1) is 14.8. The number of sulfonamides is 1. The van der Waals surface area contributed by atoms with E-state index in [-0.39, 0.29) is 18.5 Å². The maximum atomic E-state index is 13.1. The summed E-state index contributed by atoms with van der Waals surface area (Å²) < 4.78 is 26.3. The lowest BCUT2D eigenvalue weighted by Crippen LogP contribution is -2.42. The monoisotopic (exact) mass is 436 g/mol. The molecule has 0 saturated carbocycles. The van der Waals surface area contributed by atoms with Crippen molar-refractivity contribution < 1.29 is 13.2 Å². The summed E-state index contributed by atoms with van der Waals surface area (Å²) in [4.78, 5) is 13.1. The van der Waals surface area contributed by atoms with Gasteiger partial charge in [-0.3, -0.25) is 9.10 Å². The second-order valence-corrected chi connectivity index (χ2v) is 9.48. The minimum Gasteiger partial charge on any atom is -0.344 e. The Morgan fingerprint density at radius 1 is 0.935 bits per heavy atom. The number of nitrogens with zero attached hydrogens (tertiary/aromatic N) is 1. The largest absolute Gasteiger partial charge is 0.344 e. The van der Waals surface area contributed by atoms with Gasteiger partial charge in [0.25, 0.3) is 0 Å². The first-order valence-electron chi connectivity index (χ1n) is 10.3. The smallest absolute Gasteiger partial charge is 0.241 e. The number of aryl methyl sites for hydroxylation is 2. The fraction of sp³-hybridized carbons (Fsp3) is 0.240. The van der Waals surface area contributed by atoms with E-state index in [9.17, 15) is 13.2 Å². The quantitative estimate of drug-likeness (QED) is 0.575. The minimum absolute atomic E-state index is 0.287. The lowest BCUT2D eigenvalue weighted by Gasteiger charge is -2.26. The van der Waals surface area contributed by atoms with Gasteiger partial charge in [0, 0.05) is 0 Å². The number of anilines is 1. The Balaban J connectivity index is 1.92. The Kier molecular flexibility index (Phi) is 7.13. The molecule has 3 aromatic rings. The van der Waals surface area contributed by atoms with Crippen LogP contribution in [0, 0.1) is 6.92 Å². The van der Waals surface area contributed by atoms with Crippen molar-refractivity contribution in [2.24, 2.45) is 0 Å². The molecule has 0 saturated heterocycles. The Labute approximate surface area is 184 Å². The van der Waals surface area contributed by atoms with Crippen LogP contribution in [0.3, 0.4) is 0 Å². The summed E-state index contributed by atoms with van der Waals surface area (Å²) >= 11 is 0. The fourth-order valence-corrected chi connectivity index (χ4v) is 4.51. The number of carbonyl (C=O) groups excluding carboxylic acids is 1. The van der Waals surface area contributed by atoms with Gasteiger partial charge in [0.1, 0.15) is 6.54 Å². The van der Waals surface area contributed by atoms with Crippen LogP contribution < -0.4 is 9.62 Å². The van der Waals surface area contributed by atoms with Crippen molar-refractivity contribution in [1.29, 1.82) is 0 Å². The number of nitrogens with one attached hydrogen (secondary N) is 1. The molecule has 0 aliphatic heterocycles. The zero-order valence-corrected chi connectivity index (χ0v) is 18.9. The van der Waals surface area contributed by atoms with E-state index in [1.54, 1.807) is 12.1 Å². The van der Waals surface area contributed by atoms with E-state index in [1.807, 2.05) is 80.6 Å². The molecule has 1 N–H and O–H groups in total. The number of amides is 1. The highest BCUT2D eigenvalue weighted by Crippen LogP contribution is 2.25. The third-order valence-electron chi connectivity index (χ3n) is 5.14. The summed E-state index contributed by atoms with van der Waals surface area (Å²) in [5.41, 5.74) is 4.37. The third kappa shape index (κ3) is 5.73. The summed E-state index contributed by atoms with van der Waals surface area (Å²) in [6, 6.07) is 24.5. The van der Waals surface area contributed by atoms with Crippen LogP contribution in [0.1, 0.15) is 35.2 Å². The molecule has 5 nitrogen and oxygen atoms in total. The van der Waals surface area contributed by atoms with Gasteiger partial charge in [-0.05, 0) is 36.1 Å². The molecule has 1 amide bonds. The van der Waals surface area contributed by atoms with Crippen molar-refractivity contribution in [3.05, 3.63) is 101 Å². The number of hydrogen-bond donors (Lipinski definition) is 1. The van der Waals surface area contributed by atoms with Crippen molar-refractivity contribution in [3.63, 3.8) is 0 Å². The molecule has 0 aliphatic rings. The summed E-state index contributed by atoms with van der Waals surface area (Å²) in [5.74, 6) is -0.369. The predicted octanol–water partition coefficient (Wildman–Crippen LogP) is 4.23. The second kappa shape index (κ2) is 9.79. The SMILES string of the molecule is CCc1ccccc1N(CC(=O)NC(c1ccccc1)c1cccc(C)c1)S(C)(=O)=O. The normalized spacial score (nSPS) is 12.2. The zero-order valence-electron chi connectivity index (χ0n) is 18.1. The van der Waals surface area contributed by atoms with Crippen LogP contribution in [0.25, 0.3) is 0 Å². The van der Waals surface area contributed by atoms with Crippen LogP contribution in [0.15, 0.2) is 78.9 Å². The Morgan fingerprint density at radius 3 is 2.23 bits per heavy atom. The van der Waals surface area contributed by atoms with Crippen molar-refractivity contribution in [3.8, 4) is 0 Å². The summed E-state index contributed by atoms with van der Waals surface area (Å²) in [5, 5.41) is 3.04. The summed E-state index contributed by atoms with van der Waals surface area (Å²) in [6.45, 7) is 3.67. The van der Waals surface area contributed by atoms with Crippen LogP contribution in [0.2, 0.25) is 0 Å². The van der Waals surface area contributed by atoms with Gasteiger partial charge >= 0.3 is 0 Å². The highest BCUT2D eigenvalue weighted by molar-refractivity contribution is 7.92. The van der Waals surface area contributed by atoms with Crippen molar-refractivity contribution in [1.82, 2.24) is 5.32 Å². The number of para-hydroxylation sites is 1. The molecule has 3 aromatic carbocycles. The molecule has 1 atom stereocenters. The topological polar surface area (TPSA) is 66.5 Å². The molecule has 162 valence electrons. The van der Waals surface area contributed by atoms with Gasteiger partial charge in [0.2, 0.25) is 15.9 Å². The van der Waals surface area contributed by atoms with Crippen LogP contribution in [0.4, 0.5) is 5.69 Å². The molecular weight excluding hydrogens is 408 g/mol. The summed E-state index contributed by atoms with van der Waals surface area (Å²) in [6.07, 6.45) is 1.79. The molecule has 0 spiro atoms. The Bertz CT molecular complexity index is 1140. The van der Waals surface area contributed by atoms with Gasteiger partial charge < -0.3 is 5.32 Å². The molecular formula is C25H28N2O3S. The maximum absolute atomic E-state index is 13.1. The van der Waals surface area contributed by atoms with Gasteiger partial charge in [0.15, 0.2) is 0 Å². The average Bonchev–Trinajstić information content (AvgIpc) is 2.75. The van der Waals surface area contributed by atoms with E-state index in [4.69, 9.17) is 0 Å². The van der Waals surface area contributed by atoms with Crippen LogP contribution in [-0.4, -0.2) is 27.1 Å². The second-order valence-electron chi connectivity index (χ2n) is 7.58. The molecule has 0 radical (unpaired) electrons. The van der Waals surface area contributed by atoms with Gasteiger partial charge in [-0.25, -0.2) is 8.42 Å². The third-order valence-corrected chi connectivity index (χ3v) is 6.27. The standard InChI is InChI=1S/C25H28N2O3S/c1-4-20-12-8-9-16-23(20)27(31(3,29)30)18-24(28)26-25(21-13-6-5-7-14-21)22-15-10-11-19(2)17-22/h5-17,25H,4,18H2,1-3H3,(H,26,28). The maximum Gasteiger partial charge on any atom is 0.241 e. The van der Waals surface area contributed by atoms with E-state index < -0.39 is 10.0 Å². The molecule has 6 heteroatoms. The van der Waals surface area contributed by atoms with Gasteiger partial charge in [-0.1, -0.05) is 85.3 Å². The van der Waals surface area contributed by atoms with Gasteiger partial charge in [0.05, 0.1) is 18.0 Å². The van der Waals surface area contributed by atoms with E-state index in [0.717, 1.165) is 28.5 Å². The molecule has 0 heterocycles. The lowest BCUT2D eigenvalue weighted by atomic mass is 9.97. The summed E-state index contributed by atoms with van der Waals surface area (Å²) in [7, 11) is -3.64. The van der Waals surface area contributed by atoms with Crippen LogP contribution in [0.5, 0.6) is 0 Å².